The molecule has 0 saturated heterocycles. The first-order valence-corrected chi connectivity index (χ1v) is 18.4. The van der Waals surface area contributed by atoms with Crippen molar-refractivity contribution < 1.29 is 19.0 Å². The van der Waals surface area contributed by atoms with Crippen molar-refractivity contribution in [3.05, 3.63) is 87.9 Å². The fourth-order valence-corrected chi connectivity index (χ4v) is 7.22. The van der Waals surface area contributed by atoms with Gasteiger partial charge in [-0.25, -0.2) is 19.2 Å². The molecule has 0 unspecified atom stereocenters. The van der Waals surface area contributed by atoms with E-state index in [9.17, 15) is 14.3 Å². The van der Waals surface area contributed by atoms with Crippen LogP contribution >= 0.6 is 22.7 Å². The number of nitrogens with zero attached hydrogens (tertiary/aromatic N) is 8. The average Bonchev–Trinajstić information content (AvgIpc) is 3.89. The van der Waals surface area contributed by atoms with Crippen molar-refractivity contribution in [2.24, 2.45) is 0 Å². The van der Waals surface area contributed by atoms with Crippen LogP contribution in [0.2, 0.25) is 0 Å². The molecule has 3 N–H and O–H groups in total. The van der Waals surface area contributed by atoms with Crippen molar-refractivity contribution in [1.29, 1.82) is 0 Å². The second-order valence-electron chi connectivity index (χ2n) is 11.7. The Morgan fingerprint density at radius 1 is 1.08 bits per heavy atom. The van der Waals surface area contributed by atoms with Gasteiger partial charge in [-0.2, -0.15) is 0 Å². The van der Waals surface area contributed by atoms with Crippen molar-refractivity contribution >= 4 is 60.8 Å². The Bertz CT molecular complexity index is 2190. The summed E-state index contributed by atoms with van der Waals surface area (Å²) >= 11 is 2.81. The lowest BCUT2D eigenvalue weighted by Gasteiger charge is -2.21. The van der Waals surface area contributed by atoms with Gasteiger partial charge in [0.15, 0.2) is 39.2 Å². The molecule has 0 amide bonds. The maximum Gasteiger partial charge on any atom is 0.355 e. The monoisotopic (exact) mass is 740 g/mol. The van der Waals surface area contributed by atoms with Gasteiger partial charge in [0.25, 0.3) is 0 Å². The highest BCUT2D eigenvalue weighted by Gasteiger charge is 2.23. The van der Waals surface area contributed by atoms with Crippen molar-refractivity contribution in [1.82, 2.24) is 40.5 Å². The Labute approximate surface area is 307 Å². The number of thiazole rings is 2. The molecule has 6 aromatic rings. The van der Waals surface area contributed by atoms with Crippen LogP contribution in [0.5, 0.6) is 5.75 Å². The molecule has 0 spiro atoms. The van der Waals surface area contributed by atoms with Crippen LogP contribution in [0.25, 0.3) is 10.2 Å². The summed E-state index contributed by atoms with van der Waals surface area (Å²) in [6.07, 6.45) is 4.07. The van der Waals surface area contributed by atoms with E-state index in [-0.39, 0.29) is 18.1 Å². The Morgan fingerprint density at radius 3 is 2.69 bits per heavy atom. The number of halogens is 1. The summed E-state index contributed by atoms with van der Waals surface area (Å²) < 4.78 is 23.2. The molecule has 2 aromatic carbocycles. The standard InChI is InChI=1S/C36H37FN10O3S2/c1-4-46-22-25(42-45-46)11-8-18-47(31-20-23(2)33(44-43-31)41-35-39-27-12-5-6-13-29(27)51-35)36-40-32(34(48)49)30(52-36)14-9-19-50-28-16-15-24(21-26(28)37)10-7-17-38-3/h5-6,12-13,15-16,20-22,38H,4,8-9,11,14,17-19H2,1-3H3,(H,48,49)(H,39,41,44). The van der Waals surface area contributed by atoms with Gasteiger partial charge in [0.05, 0.1) is 29.1 Å². The summed E-state index contributed by atoms with van der Waals surface area (Å²) in [7, 11) is 1.79. The van der Waals surface area contributed by atoms with Crippen LogP contribution in [-0.2, 0) is 19.4 Å². The molecule has 0 bridgehead atoms. The van der Waals surface area contributed by atoms with Crippen molar-refractivity contribution in [3.8, 4) is 17.6 Å². The number of aryl methyl sites for hydroxylation is 4. The lowest BCUT2D eigenvalue weighted by atomic mass is 10.2. The zero-order chi connectivity index (χ0) is 36.5. The number of fused-ring (bicyclic) bond motifs is 1. The Morgan fingerprint density at radius 2 is 1.94 bits per heavy atom. The SMILES string of the molecule is CCn1cc(CCCN(c2cc(C)c(Nc3nc4ccccc4s3)nn2)c2nc(C(=O)O)c(CCCOc3ccc(C#CCNC)cc3F)s2)nn1. The van der Waals surface area contributed by atoms with Crippen LogP contribution < -0.4 is 20.3 Å². The molecule has 0 radical (unpaired) electrons. The van der Waals surface area contributed by atoms with Gasteiger partial charge in [-0.05, 0) is 88.5 Å². The fraction of sp³-hybridized carbons (Fsp3) is 0.306. The third kappa shape index (κ3) is 9.04. The lowest BCUT2D eigenvalue weighted by molar-refractivity contribution is 0.0690. The van der Waals surface area contributed by atoms with E-state index in [1.165, 1.54) is 28.7 Å². The summed E-state index contributed by atoms with van der Waals surface area (Å²) in [5.74, 6) is 5.36. The second kappa shape index (κ2) is 17.1. The number of para-hydroxylation sites is 1. The molecular formula is C36H37FN10O3S2. The highest BCUT2D eigenvalue weighted by molar-refractivity contribution is 7.22. The van der Waals surface area contributed by atoms with Crippen LogP contribution in [0.1, 0.15) is 52.0 Å². The zero-order valence-corrected chi connectivity index (χ0v) is 30.5. The largest absolute Gasteiger partial charge is 0.491 e. The van der Waals surface area contributed by atoms with E-state index in [1.807, 2.05) is 55.3 Å². The third-order valence-corrected chi connectivity index (χ3v) is 9.94. The minimum absolute atomic E-state index is 0.0367. The highest BCUT2D eigenvalue weighted by Crippen LogP contribution is 2.34. The quantitative estimate of drug-likeness (QED) is 0.0743. The van der Waals surface area contributed by atoms with E-state index in [1.54, 1.807) is 23.9 Å². The second-order valence-corrected chi connectivity index (χ2v) is 13.8. The fourth-order valence-electron chi connectivity index (χ4n) is 5.22. The number of anilines is 4. The van der Waals surface area contributed by atoms with Crippen molar-refractivity contribution in [2.75, 3.05) is 37.0 Å². The molecule has 6 rings (SSSR count). The molecule has 268 valence electrons. The number of nitrogens with one attached hydrogen (secondary N) is 2. The van der Waals surface area contributed by atoms with E-state index in [4.69, 9.17) is 4.74 Å². The zero-order valence-electron chi connectivity index (χ0n) is 28.9. The van der Waals surface area contributed by atoms with Gasteiger partial charge in [-0.1, -0.05) is 40.5 Å². The molecule has 0 saturated carbocycles. The summed E-state index contributed by atoms with van der Waals surface area (Å²) in [6, 6.07) is 14.4. The first-order chi connectivity index (χ1) is 25.3. The van der Waals surface area contributed by atoms with Gasteiger partial charge < -0.3 is 25.4 Å². The first-order valence-electron chi connectivity index (χ1n) is 16.7. The average molecular weight is 741 g/mol. The Hall–Kier alpha value is -5.50. The number of carbonyl (C=O) groups is 1. The van der Waals surface area contributed by atoms with E-state index >= 15 is 0 Å². The topological polar surface area (TPSA) is 156 Å². The molecule has 52 heavy (non-hydrogen) atoms. The van der Waals surface area contributed by atoms with Crippen LogP contribution in [0.4, 0.5) is 26.3 Å². The smallest absolute Gasteiger partial charge is 0.355 e. The van der Waals surface area contributed by atoms with Gasteiger partial charge in [0.1, 0.15) is 0 Å². The number of aromatic carboxylic acids is 1. The highest BCUT2D eigenvalue weighted by atomic mass is 32.1. The summed E-state index contributed by atoms with van der Waals surface area (Å²) in [6.45, 7) is 5.82. The number of hydrogen-bond acceptors (Lipinski definition) is 13. The molecule has 0 aliphatic carbocycles. The molecule has 0 atom stereocenters. The maximum absolute atomic E-state index is 14.6. The molecular weight excluding hydrogens is 704 g/mol. The first kappa shape index (κ1) is 36.3. The number of ether oxygens (including phenoxy) is 1. The summed E-state index contributed by atoms with van der Waals surface area (Å²) in [5.41, 5.74) is 3.11. The van der Waals surface area contributed by atoms with Crippen LogP contribution in [-0.4, -0.2) is 73.0 Å². The number of carboxylic acid groups (broad SMARTS) is 1. The number of hydrogen-bond donors (Lipinski definition) is 3. The molecule has 4 heterocycles. The third-order valence-electron chi connectivity index (χ3n) is 7.85. The van der Waals surface area contributed by atoms with Gasteiger partial charge in [0, 0.05) is 29.7 Å². The predicted molar refractivity (Wildman–Crippen MR) is 201 cm³/mol. The van der Waals surface area contributed by atoms with E-state index in [0.29, 0.717) is 71.1 Å². The predicted octanol–water partition coefficient (Wildman–Crippen LogP) is 6.40. The molecule has 4 aromatic heterocycles. The van der Waals surface area contributed by atoms with Gasteiger partial charge >= 0.3 is 5.97 Å². The minimum atomic E-state index is -1.13. The molecule has 13 nitrogen and oxygen atoms in total. The van der Waals surface area contributed by atoms with Gasteiger partial charge in [-0.3, -0.25) is 4.68 Å². The molecule has 16 heteroatoms. The van der Waals surface area contributed by atoms with Crippen LogP contribution in [0.3, 0.4) is 0 Å². The Kier molecular flexibility index (Phi) is 12.0. The lowest BCUT2D eigenvalue weighted by Crippen LogP contribution is -2.21. The number of rotatable bonds is 16. The molecule has 0 aliphatic heterocycles. The van der Waals surface area contributed by atoms with E-state index in [2.05, 4.69) is 53.0 Å². The minimum Gasteiger partial charge on any atom is -0.491 e. The summed E-state index contributed by atoms with van der Waals surface area (Å²) in [5, 5.41) is 34.9. The summed E-state index contributed by atoms with van der Waals surface area (Å²) in [4.78, 5) is 24.0. The molecule has 0 aliphatic rings. The maximum atomic E-state index is 14.6. The van der Waals surface area contributed by atoms with Crippen molar-refractivity contribution in [3.63, 3.8) is 0 Å². The van der Waals surface area contributed by atoms with E-state index < -0.39 is 11.8 Å². The Balaban J connectivity index is 1.18. The van der Waals surface area contributed by atoms with Gasteiger partial charge in [0.2, 0.25) is 0 Å². The normalized spacial score (nSPS) is 11.0. The van der Waals surface area contributed by atoms with Gasteiger partial charge in [-0.15, -0.1) is 26.6 Å². The number of carboxylic acids is 1. The van der Waals surface area contributed by atoms with Crippen LogP contribution in [0.15, 0.2) is 54.7 Å². The van der Waals surface area contributed by atoms with Crippen molar-refractivity contribution in [2.45, 2.75) is 46.1 Å². The molecule has 0 fully saturated rings. The van der Waals surface area contributed by atoms with Crippen LogP contribution in [0, 0.1) is 24.6 Å². The number of benzene rings is 2. The number of aromatic nitrogens is 7. The van der Waals surface area contributed by atoms with E-state index in [0.717, 1.165) is 28.0 Å².